The number of hydrogen-bond donors (Lipinski definition) is 2. The van der Waals surface area contributed by atoms with Gasteiger partial charge in [0.2, 0.25) is 15.9 Å². The van der Waals surface area contributed by atoms with Crippen LogP contribution in [0.2, 0.25) is 0 Å². The van der Waals surface area contributed by atoms with E-state index >= 15 is 0 Å². The first kappa shape index (κ1) is 21.2. The highest BCUT2D eigenvalue weighted by molar-refractivity contribution is 7.89. The van der Waals surface area contributed by atoms with E-state index in [1.54, 1.807) is 14.1 Å². The number of amides is 2. The number of nitrogens with one attached hydrogen (secondary N) is 2. The van der Waals surface area contributed by atoms with Gasteiger partial charge in [0, 0.05) is 20.2 Å². The number of piperazine rings is 1. The number of hydrogen-bond acceptors (Lipinski definition) is 4. The number of sulfonamides is 1. The molecule has 150 valence electrons. The number of carbonyl (C=O) groups is 2. The highest BCUT2D eigenvalue weighted by Crippen LogP contribution is 2.20. The standard InChI is InChI=1S/C16H22F2N4O4S/c1-20(2)16(24)10-19-15(23)11-21-5-7-22(8-6-21)27(25,26)14-4-3-12(17)9-13(14)18/h3-4,9H,5-8,10-11H2,1-2H3,(H,19,23)/p+1. The summed E-state index contributed by atoms with van der Waals surface area (Å²) in [7, 11) is -0.891. The molecule has 2 rings (SSSR count). The van der Waals surface area contributed by atoms with Gasteiger partial charge in [0.15, 0.2) is 6.54 Å². The summed E-state index contributed by atoms with van der Waals surface area (Å²) >= 11 is 0. The maximum atomic E-state index is 13.8. The van der Waals surface area contributed by atoms with E-state index in [1.807, 2.05) is 0 Å². The van der Waals surface area contributed by atoms with Gasteiger partial charge >= 0.3 is 0 Å². The van der Waals surface area contributed by atoms with Gasteiger partial charge in [-0.2, -0.15) is 4.31 Å². The van der Waals surface area contributed by atoms with Crippen LogP contribution >= 0.6 is 0 Å². The highest BCUT2D eigenvalue weighted by atomic mass is 32.2. The second-order valence-electron chi connectivity index (χ2n) is 6.47. The number of carbonyl (C=O) groups excluding carboxylic acids is 2. The Bertz CT molecular complexity index is 809. The van der Waals surface area contributed by atoms with E-state index in [0.29, 0.717) is 19.2 Å². The fourth-order valence-corrected chi connectivity index (χ4v) is 4.15. The molecule has 1 aliphatic heterocycles. The van der Waals surface area contributed by atoms with E-state index in [1.165, 1.54) is 4.90 Å². The first-order chi connectivity index (χ1) is 12.6. The Morgan fingerprint density at radius 1 is 1.22 bits per heavy atom. The highest BCUT2D eigenvalue weighted by Gasteiger charge is 2.33. The van der Waals surface area contributed by atoms with Gasteiger partial charge in [0.1, 0.15) is 16.5 Å². The van der Waals surface area contributed by atoms with Crippen molar-refractivity contribution < 1.29 is 31.7 Å². The summed E-state index contributed by atoms with van der Waals surface area (Å²) in [4.78, 5) is 25.0. The molecule has 0 aliphatic carbocycles. The Kier molecular flexibility index (Phi) is 6.84. The third-order valence-electron chi connectivity index (χ3n) is 4.29. The van der Waals surface area contributed by atoms with Crippen molar-refractivity contribution in [2.45, 2.75) is 4.90 Å². The minimum atomic E-state index is -4.06. The van der Waals surface area contributed by atoms with E-state index in [9.17, 15) is 26.8 Å². The first-order valence-electron chi connectivity index (χ1n) is 8.37. The number of halogens is 2. The molecule has 1 heterocycles. The fourth-order valence-electron chi connectivity index (χ4n) is 2.66. The quantitative estimate of drug-likeness (QED) is 0.576. The first-order valence-corrected chi connectivity index (χ1v) is 9.81. The molecule has 1 aliphatic rings. The number of benzene rings is 1. The third kappa shape index (κ3) is 5.44. The molecule has 2 amide bonds. The summed E-state index contributed by atoms with van der Waals surface area (Å²) in [5.41, 5.74) is 0. The van der Waals surface area contributed by atoms with Crippen molar-refractivity contribution in [3.63, 3.8) is 0 Å². The smallest absolute Gasteiger partial charge is 0.275 e. The van der Waals surface area contributed by atoms with E-state index in [0.717, 1.165) is 21.3 Å². The molecule has 0 aromatic heterocycles. The predicted molar refractivity (Wildman–Crippen MR) is 92.4 cm³/mol. The Labute approximate surface area is 156 Å². The minimum Gasteiger partial charge on any atom is -0.347 e. The lowest BCUT2D eigenvalue weighted by molar-refractivity contribution is -0.895. The summed E-state index contributed by atoms with van der Waals surface area (Å²) in [5.74, 6) is -2.51. The van der Waals surface area contributed by atoms with Gasteiger partial charge in [-0.05, 0) is 12.1 Å². The molecule has 1 aromatic carbocycles. The Morgan fingerprint density at radius 3 is 2.41 bits per heavy atom. The van der Waals surface area contributed by atoms with Gasteiger partial charge in [-0.25, -0.2) is 17.2 Å². The second kappa shape index (κ2) is 8.72. The lowest BCUT2D eigenvalue weighted by Gasteiger charge is -2.31. The molecule has 0 spiro atoms. The zero-order valence-corrected chi connectivity index (χ0v) is 16.0. The molecule has 1 aromatic rings. The van der Waals surface area contributed by atoms with Crippen LogP contribution in [0.25, 0.3) is 0 Å². The zero-order chi connectivity index (χ0) is 20.2. The molecule has 1 fully saturated rings. The summed E-state index contributed by atoms with van der Waals surface area (Å²) in [6.07, 6.45) is 0. The average Bonchev–Trinajstić information content (AvgIpc) is 2.59. The predicted octanol–water partition coefficient (Wildman–Crippen LogP) is -1.94. The van der Waals surface area contributed by atoms with Crippen molar-refractivity contribution in [1.82, 2.24) is 14.5 Å². The summed E-state index contributed by atoms with van der Waals surface area (Å²) in [6, 6.07) is 2.35. The molecule has 0 bridgehead atoms. The Hall–Kier alpha value is -2.11. The SMILES string of the molecule is CN(C)C(=O)CNC(=O)C[NH+]1CCN(S(=O)(=O)c2ccc(F)cc2F)CC1. The van der Waals surface area contributed by atoms with E-state index in [4.69, 9.17) is 0 Å². The molecular formula is C16H23F2N4O4S+. The molecule has 27 heavy (non-hydrogen) atoms. The molecule has 8 nitrogen and oxygen atoms in total. The summed E-state index contributed by atoms with van der Waals surface area (Å²) in [5, 5.41) is 2.52. The molecule has 0 saturated carbocycles. The van der Waals surface area contributed by atoms with Crippen LogP contribution < -0.4 is 10.2 Å². The van der Waals surface area contributed by atoms with Gasteiger partial charge in [-0.15, -0.1) is 0 Å². The van der Waals surface area contributed by atoms with Gasteiger partial charge in [0.05, 0.1) is 32.7 Å². The van der Waals surface area contributed by atoms with E-state index in [2.05, 4.69) is 5.32 Å². The second-order valence-corrected chi connectivity index (χ2v) is 8.38. The molecule has 0 unspecified atom stereocenters. The monoisotopic (exact) mass is 405 g/mol. The largest absolute Gasteiger partial charge is 0.347 e. The molecule has 11 heteroatoms. The molecular weight excluding hydrogens is 382 g/mol. The molecule has 0 radical (unpaired) electrons. The van der Waals surface area contributed by atoms with Crippen LogP contribution in [0.4, 0.5) is 8.78 Å². The van der Waals surface area contributed by atoms with Crippen LogP contribution in [0.15, 0.2) is 23.1 Å². The summed E-state index contributed by atoms with van der Waals surface area (Å²) < 4.78 is 53.0. The van der Waals surface area contributed by atoms with Crippen LogP contribution in [0, 0.1) is 11.6 Å². The van der Waals surface area contributed by atoms with Crippen molar-refractivity contribution in [1.29, 1.82) is 0 Å². The number of nitrogens with zero attached hydrogens (tertiary/aromatic N) is 2. The van der Waals surface area contributed by atoms with Crippen molar-refractivity contribution in [3.8, 4) is 0 Å². The molecule has 2 N–H and O–H groups in total. The van der Waals surface area contributed by atoms with Gasteiger partial charge in [-0.3, -0.25) is 9.59 Å². The molecule has 1 saturated heterocycles. The van der Waals surface area contributed by atoms with Crippen LogP contribution in [0.5, 0.6) is 0 Å². The van der Waals surface area contributed by atoms with Crippen LogP contribution in [-0.4, -0.2) is 82.8 Å². The van der Waals surface area contributed by atoms with Gasteiger partial charge in [0.25, 0.3) is 5.91 Å². The third-order valence-corrected chi connectivity index (χ3v) is 6.22. The van der Waals surface area contributed by atoms with Crippen molar-refractivity contribution in [2.75, 3.05) is 53.4 Å². The minimum absolute atomic E-state index is 0.0938. The normalized spacial score (nSPS) is 16.1. The van der Waals surface area contributed by atoms with Crippen molar-refractivity contribution >= 4 is 21.8 Å². The Morgan fingerprint density at radius 2 is 1.85 bits per heavy atom. The zero-order valence-electron chi connectivity index (χ0n) is 15.2. The van der Waals surface area contributed by atoms with Gasteiger partial charge in [-0.1, -0.05) is 0 Å². The van der Waals surface area contributed by atoms with E-state index in [-0.39, 0.29) is 38.0 Å². The summed E-state index contributed by atoms with van der Waals surface area (Å²) in [6.45, 7) is 0.952. The number of likely N-dealkylation sites (N-methyl/N-ethyl adjacent to an activating group) is 1. The fraction of sp³-hybridized carbons (Fsp3) is 0.500. The number of rotatable bonds is 6. The van der Waals surface area contributed by atoms with Crippen molar-refractivity contribution in [3.05, 3.63) is 29.8 Å². The topological polar surface area (TPSA) is 91.2 Å². The van der Waals surface area contributed by atoms with E-state index < -0.39 is 26.6 Å². The number of quaternary nitrogens is 1. The average molecular weight is 405 g/mol. The van der Waals surface area contributed by atoms with Crippen LogP contribution in [0.3, 0.4) is 0 Å². The van der Waals surface area contributed by atoms with Crippen molar-refractivity contribution in [2.24, 2.45) is 0 Å². The van der Waals surface area contributed by atoms with Crippen LogP contribution in [0.1, 0.15) is 0 Å². The Balaban J connectivity index is 1.89. The lowest BCUT2D eigenvalue weighted by Crippen LogP contribution is -3.15. The van der Waals surface area contributed by atoms with Gasteiger partial charge < -0.3 is 15.1 Å². The maximum absolute atomic E-state index is 13.8. The maximum Gasteiger partial charge on any atom is 0.275 e. The molecule has 0 atom stereocenters. The van der Waals surface area contributed by atoms with Crippen LogP contribution in [-0.2, 0) is 19.6 Å². The lowest BCUT2D eigenvalue weighted by atomic mass is 10.3.